The van der Waals surface area contributed by atoms with Gasteiger partial charge in [0.25, 0.3) is 5.91 Å². The van der Waals surface area contributed by atoms with Crippen molar-refractivity contribution in [3.05, 3.63) is 58.3 Å². The molecule has 0 spiro atoms. The maximum absolute atomic E-state index is 13.6. The van der Waals surface area contributed by atoms with Crippen molar-refractivity contribution < 1.29 is 14.4 Å². The fraction of sp³-hybridized carbons (Fsp3) is 0.333. The summed E-state index contributed by atoms with van der Waals surface area (Å²) in [4.78, 5) is 48.7. The maximum Gasteiger partial charge on any atom is 0.295 e. The van der Waals surface area contributed by atoms with Gasteiger partial charge in [-0.05, 0) is 48.7 Å². The molecule has 2 fully saturated rings. The van der Waals surface area contributed by atoms with Gasteiger partial charge in [0.2, 0.25) is 5.78 Å². The van der Waals surface area contributed by atoms with Crippen molar-refractivity contribution in [3.8, 4) is 0 Å². The Kier molecular flexibility index (Phi) is 5.51. The number of rotatable bonds is 4. The van der Waals surface area contributed by atoms with Crippen LogP contribution in [0.2, 0.25) is 10.0 Å². The number of aromatic amines is 1. The number of H-pyrrole nitrogens is 1. The number of benzene rings is 2. The molecule has 0 radical (unpaired) electrons. The van der Waals surface area contributed by atoms with E-state index in [0.29, 0.717) is 21.3 Å². The summed E-state index contributed by atoms with van der Waals surface area (Å²) in [5.74, 6) is -2.77. The van der Waals surface area contributed by atoms with Crippen LogP contribution in [0.25, 0.3) is 11.0 Å². The van der Waals surface area contributed by atoms with E-state index in [1.54, 1.807) is 42.7 Å². The normalized spacial score (nSPS) is 22.1. The molecule has 32 heavy (non-hydrogen) atoms. The summed E-state index contributed by atoms with van der Waals surface area (Å²) in [6.07, 6.45) is 6.09. The van der Waals surface area contributed by atoms with Gasteiger partial charge >= 0.3 is 0 Å². The van der Waals surface area contributed by atoms with Crippen molar-refractivity contribution in [3.63, 3.8) is 0 Å². The topological polar surface area (TPSA) is 83.1 Å². The van der Waals surface area contributed by atoms with Gasteiger partial charge in [-0.25, -0.2) is 4.98 Å². The van der Waals surface area contributed by atoms with Crippen molar-refractivity contribution in [2.45, 2.75) is 38.1 Å². The van der Waals surface area contributed by atoms with E-state index in [-0.39, 0.29) is 11.7 Å². The Balaban J connectivity index is 1.63. The smallest absolute Gasteiger partial charge is 0.295 e. The Labute approximate surface area is 194 Å². The van der Waals surface area contributed by atoms with Crippen LogP contribution < -0.4 is 4.90 Å². The zero-order valence-electron chi connectivity index (χ0n) is 17.2. The van der Waals surface area contributed by atoms with Crippen LogP contribution in [0.3, 0.4) is 0 Å². The number of Topliss-reactive ketones (excluding diaryl/α,β-unsaturated/α-hetero) is 2. The predicted molar refractivity (Wildman–Crippen MR) is 123 cm³/mol. The van der Waals surface area contributed by atoms with Gasteiger partial charge in [-0.3, -0.25) is 19.3 Å². The van der Waals surface area contributed by atoms with Gasteiger partial charge < -0.3 is 4.98 Å². The number of hydrogen-bond acceptors (Lipinski definition) is 4. The summed E-state index contributed by atoms with van der Waals surface area (Å²) in [6.45, 7) is 0. The summed E-state index contributed by atoms with van der Waals surface area (Å²) < 4.78 is 0. The van der Waals surface area contributed by atoms with Gasteiger partial charge in [0.15, 0.2) is 0 Å². The summed E-state index contributed by atoms with van der Waals surface area (Å²) in [5.41, 5.74) is 2.61. The van der Waals surface area contributed by atoms with Crippen LogP contribution in [0.1, 0.15) is 43.7 Å². The third-order valence-electron chi connectivity index (χ3n) is 6.59. The Bertz CT molecular complexity index is 1230. The van der Waals surface area contributed by atoms with Crippen LogP contribution in [-0.4, -0.2) is 27.4 Å². The molecule has 5 rings (SSSR count). The minimum absolute atomic E-state index is 0.149. The van der Waals surface area contributed by atoms with E-state index in [1.165, 1.54) is 4.90 Å². The number of imidazole rings is 1. The molecule has 1 saturated heterocycles. The highest BCUT2D eigenvalue weighted by Gasteiger charge is 2.53. The minimum atomic E-state index is -1.07. The fourth-order valence-electron chi connectivity index (χ4n) is 4.99. The third kappa shape index (κ3) is 3.51. The van der Waals surface area contributed by atoms with Gasteiger partial charge in [0.1, 0.15) is 11.7 Å². The van der Waals surface area contributed by atoms with Crippen LogP contribution in [0, 0.1) is 11.8 Å². The van der Waals surface area contributed by atoms with Crippen molar-refractivity contribution in [2.75, 3.05) is 4.90 Å². The zero-order valence-corrected chi connectivity index (χ0v) is 18.7. The molecule has 2 unspecified atom stereocenters. The molecule has 0 bridgehead atoms. The highest BCUT2D eigenvalue weighted by atomic mass is 35.5. The van der Waals surface area contributed by atoms with Gasteiger partial charge in [-0.2, -0.15) is 0 Å². The molecule has 8 heteroatoms. The van der Waals surface area contributed by atoms with E-state index < -0.39 is 23.7 Å². The first-order chi connectivity index (χ1) is 15.5. The lowest BCUT2D eigenvalue weighted by Crippen LogP contribution is -2.33. The molecule has 2 aliphatic rings. The van der Waals surface area contributed by atoms with Gasteiger partial charge in [-0.1, -0.05) is 48.5 Å². The van der Waals surface area contributed by atoms with Gasteiger partial charge in [-0.15, -0.1) is 0 Å². The monoisotopic (exact) mass is 469 g/mol. The van der Waals surface area contributed by atoms with Crippen molar-refractivity contribution in [1.82, 2.24) is 9.97 Å². The SMILES string of the molecule is O=C1C(=O)N(c2ccc3nc[nH]c3c2)C(c2ccc(Cl)c(Cl)c2)C1C(=O)C1CCCCC1. The number of hydrogen-bond donors (Lipinski definition) is 1. The molecule has 1 saturated carbocycles. The number of aromatic nitrogens is 2. The molecule has 3 aromatic rings. The van der Waals surface area contributed by atoms with Crippen molar-refractivity contribution in [2.24, 2.45) is 11.8 Å². The number of halogens is 2. The Morgan fingerprint density at radius 3 is 2.53 bits per heavy atom. The second-order valence-corrected chi connectivity index (χ2v) is 9.29. The Morgan fingerprint density at radius 1 is 1.00 bits per heavy atom. The fourth-order valence-corrected chi connectivity index (χ4v) is 5.29. The minimum Gasteiger partial charge on any atom is -0.345 e. The first-order valence-corrected chi connectivity index (χ1v) is 11.5. The first kappa shape index (κ1) is 21.2. The van der Waals surface area contributed by atoms with E-state index in [4.69, 9.17) is 23.2 Å². The summed E-state index contributed by atoms with van der Waals surface area (Å²) in [5, 5.41) is 0.676. The van der Waals surface area contributed by atoms with E-state index >= 15 is 0 Å². The maximum atomic E-state index is 13.6. The van der Waals surface area contributed by atoms with Crippen molar-refractivity contribution in [1.29, 1.82) is 0 Å². The molecular weight excluding hydrogens is 449 g/mol. The van der Waals surface area contributed by atoms with Crippen LogP contribution in [-0.2, 0) is 14.4 Å². The summed E-state index contributed by atoms with van der Waals surface area (Å²) in [6, 6.07) is 9.51. The molecule has 2 atom stereocenters. The molecule has 1 amide bonds. The summed E-state index contributed by atoms with van der Waals surface area (Å²) in [7, 11) is 0. The number of anilines is 1. The van der Waals surface area contributed by atoms with Gasteiger partial charge in [0, 0.05) is 11.6 Å². The van der Waals surface area contributed by atoms with Crippen LogP contribution in [0.15, 0.2) is 42.7 Å². The van der Waals surface area contributed by atoms with E-state index in [2.05, 4.69) is 9.97 Å². The number of fused-ring (bicyclic) bond motifs is 1. The van der Waals surface area contributed by atoms with Crippen LogP contribution >= 0.6 is 23.2 Å². The summed E-state index contributed by atoms with van der Waals surface area (Å²) >= 11 is 12.4. The molecule has 1 N–H and O–H groups in total. The largest absolute Gasteiger partial charge is 0.345 e. The lowest BCUT2D eigenvalue weighted by molar-refractivity contribution is -0.140. The predicted octanol–water partition coefficient (Wildman–Crippen LogP) is 5.29. The number of amides is 1. The standard InChI is InChI=1S/C24H21Cl2N3O3/c25-16-8-6-14(10-17(16)26)21-20(22(30)13-4-2-1-3-5-13)23(31)24(32)29(21)15-7-9-18-19(11-15)28-12-27-18/h6-13,20-21H,1-5H2,(H,27,28). The number of carbonyl (C=O) groups is 3. The quantitative estimate of drug-likeness (QED) is 0.415. The Morgan fingerprint density at radius 2 is 1.78 bits per heavy atom. The molecule has 2 aromatic carbocycles. The van der Waals surface area contributed by atoms with Crippen molar-refractivity contribution >= 4 is 57.4 Å². The third-order valence-corrected chi connectivity index (χ3v) is 7.33. The molecule has 1 aliphatic carbocycles. The zero-order chi connectivity index (χ0) is 22.4. The van der Waals surface area contributed by atoms with Crippen LogP contribution in [0.5, 0.6) is 0 Å². The van der Waals surface area contributed by atoms with E-state index in [0.717, 1.165) is 43.1 Å². The lowest BCUT2D eigenvalue weighted by Gasteiger charge is -2.30. The average molecular weight is 470 g/mol. The Hall–Kier alpha value is -2.70. The lowest BCUT2D eigenvalue weighted by atomic mass is 9.77. The highest BCUT2D eigenvalue weighted by Crippen LogP contribution is 2.44. The van der Waals surface area contributed by atoms with Crippen LogP contribution in [0.4, 0.5) is 5.69 Å². The molecule has 1 aromatic heterocycles. The van der Waals surface area contributed by atoms with E-state index in [9.17, 15) is 14.4 Å². The molecule has 1 aliphatic heterocycles. The molecular formula is C24H21Cl2N3O3. The molecule has 6 nitrogen and oxygen atoms in total. The number of carbonyl (C=O) groups excluding carboxylic acids is 3. The number of nitrogens with one attached hydrogen (secondary N) is 1. The number of nitrogens with zero attached hydrogens (tertiary/aromatic N) is 2. The number of ketones is 2. The highest BCUT2D eigenvalue weighted by molar-refractivity contribution is 6.48. The molecule has 2 heterocycles. The van der Waals surface area contributed by atoms with E-state index in [1.807, 2.05) is 0 Å². The second-order valence-electron chi connectivity index (χ2n) is 8.48. The molecule has 164 valence electrons. The first-order valence-electron chi connectivity index (χ1n) is 10.7. The van der Waals surface area contributed by atoms with Gasteiger partial charge in [0.05, 0.1) is 33.4 Å². The average Bonchev–Trinajstić information content (AvgIpc) is 3.38. The second kappa shape index (κ2) is 8.34.